The Hall–Kier alpha value is 0.130. The van der Waals surface area contributed by atoms with E-state index < -0.39 is 0 Å². The van der Waals surface area contributed by atoms with Crippen LogP contribution >= 0.6 is 0 Å². The van der Waals surface area contributed by atoms with Gasteiger partial charge in [-0.15, -0.1) is 0 Å². The second-order valence-electron chi connectivity index (χ2n) is 6.24. The van der Waals surface area contributed by atoms with E-state index in [9.17, 15) is 0 Å². The normalized spacial score (nSPS) is 46.5. The number of fused-ring (bicyclic) bond motifs is 1. The Balaban J connectivity index is 1.81. The standard InChI is InChI=1S/C11H20B2/c1-8(2)12-11-6-3-4-9-10(5-7-11)13(9)11/h8-10,12H,3-7H2,1-2H3. The van der Waals surface area contributed by atoms with Crippen LogP contribution in [0.5, 0.6) is 0 Å². The molecular formula is C11H20B2. The first-order valence-electron chi connectivity index (χ1n) is 6.23. The zero-order valence-corrected chi connectivity index (χ0v) is 9.05. The summed E-state index contributed by atoms with van der Waals surface area (Å²) < 4.78 is 0. The molecule has 3 atom stereocenters. The molecule has 0 aliphatic carbocycles. The number of rotatable bonds is 2. The minimum atomic E-state index is 0.849. The molecule has 0 radical (unpaired) electrons. The molecule has 0 nitrogen and oxygen atoms in total. The third kappa shape index (κ3) is 1.07. The second-order valence-corrected chi connectivity index (χ2v) is 6.24. The van der Waals surface area contributed by atoms with E-state index in [2.05, 4.69) is 13.8 Å². The van der Waals surface area contributed by atoms with Crippen molar-refractivity contribution in [2.45, 2.75) is 68.6 Å². The third-order valence-electron chi connectivity index (χ3n) is 5.04. The van der Waals surface area contributed by atoms with Gasteiger partial charge in [0.1, 0.15) is 14.0 Å². The van der Waals surface area contributed by atoms with Gasteiger partial charge in [-0.05, 0) is 0 Å². The summed E-state index contributed by atoms with van der Waals surface area (Å²) in [7, 11) is 1.53. The van der Waals surface area contributed by atoms with Gasteiger partial charge < -0.3 is 0 Å². The van der Waals surface area contributed by atoms with Crippen LogP contribution in [0.3, 0.4) is 0 Å². The zero-order chi connectivity index (χ0) is 9.05. The smallest absolute Gasteiger partial charge is 0.0735 e. The third-order valence-corrected chi connectivity index (χ3v) is 5.04. The van der Waals surface area contributed by atoms with Crippen molar-refractivity contribution < 1.29 is 0 Å². The van der Waals surface area contributed by atoms with Gasteiger partial charge in [-0.25, -0.2) is 0 Å². The molecule has 70 valence electrons. The summed E-state index contributed by atoms with van der Waals surface area (Å²) in [6.07, 6.45) is 7.86. The first kappa shape index (κ1) is 8.44. The summed E-state index contributed by atoms with van der Waals surface area (Å²) in [5.41, 5.74) is 0. The minimum absolute atomic E-state index is 0.849. The van der Waals surface area contributed by atoms with E-state index >= 15 is 0 Å². The summed E-state index contributed by atoms with van der Waals surface area (Å²) >= 11 is 0. The van der Waals surface area contributed by atoms with Crippen LogP contribution in [-0.4, -0.2) is 14.0 Å². The predicted molar refractivity (Wildman–Crippen MR) is 61.3 cm³/mol. The Morgan fingerprint density at radius 2 is 2.00 bits per heavy atom. The van der Waals surface area contributed by atoms with Crippen LogP contribution in [-0.2, 0) is 0 Å². The molecule has 0 amide bonds. The van der Waals surface area contributed by atoms with E-state index in [1.807, 2.05) is 0 Å². The summed E-state index contributed by atoms with van der Waals surface area (Å²) in [6, 6.07) is 0. The largest absolute Gasteiger partial charge is 0.144 e. The lowest BCUT2D eigenvalue weighted by Gasteiger charge is -2.36. The Morgan fingerprint density at radius 1 is 1.23 bits per heavy atom. The van der Waals surface area contributed by atoms with Gasteiger partial charge in [-0.3, -0.25) is 0 Å². The van der Waals surface area contributed by atoms with Crippen molar-refractivity contribution in [3.63, 3.8) is 0 Å². The van der Waals surface area contributed by atoms with Gasteiger partial charge in [0.15, 0.2) is 0 Å². The maximum absolute atomic E-state index is 2.41. The quantitative estimate of drug-likeness (QED) is 0.563. The summed E-state index contributed by atoms with van der Waals surface area (Å²) in [5.74, 6) is 3.32. The summed E-state index contributed by atoms with van der Waals surface area (Å²) in [4.78, 5) is 0. The van der Waals surface area contributed by atoms with Gasteiger partial charge in [-0.1, -0.05) is 68.6 Å². The van der Waals surface area contributed by atoms with E-state index in [0.29, 0.717) is 0 Å². The maximum Gasteiger partial charge on any atom is 0.144 e. The fourth-order valence-electron chi connectivity index (χ4n) is 4.90. The lowest BCUT2D eigenvalue weighted by Crippen LogP contribution is -2.31. The van der Waals surface area contributed by atoms with Gasteiger partial charge in [-0.2, -0.15) is 0 Å². The molecule has 3 saturated heterocycles. The fourth-order valence-corrected chi connectivity index (χ4v) is 4.90. The van der Waals surface area contributed by atoms with Gasteiger partial charge in [0.25, 0.3) is 0 Å². The van der Waals surface area contributed by atoms with E-state index in [1.54, 1.807) is 32.1 Å². The molecular weight excluding hydrogens is 154 g/mol. The van der Waals surface area contributed by atoms with Crippen molar-refractivity contribution in [1.29, 1.82) is 0 Å². The second kappa shape index (κ2) is 2.58. The average Bonchev–Trinajstić information content (AvgIpc) is 2.61. The van der Waals surface area contributed by atoms with Crippen LogP contribution in [0.1, 0.15) is 46.0 Å². The predicted octanol–water partition coefficient (Wildman–Crippen LogP) is 3.18. The van der Waals surface area contributed by atoms with Gasteiger partial charge in [0.2, 0.25) is 0 Å². The number of hydrogen-bond acceptors (Lipinski definition) is 0. The van der Waals surface area contributed by atoms with E-state index in [1.165, 1.54) is 25.6 Å². The maximum atomic E-state index is 2.41. The molecule has 3 fully saturated rings. The zero-order valence-electron chi connectivity index (χ0n) is 9.05. The molecule has 3 aliphatic rings. The highest BCUT2D eigenvalue weighted by Crippen LogP contribution is 2.76. The molecule has 0 aromatic heterocycles. The van der Waals surface area contributed by atoms with Gasteiger partial charge in [0.05, 0.1) is 0 Å². The Morgan fingerprint density at radius 3 is 2.77 bits per heavy atom. The van der Waals surface area contributed by atoms with Crippen molar-refractivity contribution in [3.8, 4) is 0 Å². The van der Waals surface area contributed by atoms with Crippen molar-refractivity contribution >= 4 is 14.0 Å². The molecule has 13 heavy (non-hydrogen) atoms. The van der Waals surface area contributed by atoms with E-state index in [0.717, 1.165) is 11.0 Å². The van der Waals surface area contributed by atoms with Crippen molar-refractivity contribution in [2.75, 3.05) is 0 Å². The molecule has 0 bridgehead atoms. The highest BCUT2D eigenvalue weighted by atomic mass is 14.5. The first-order valence-corrected chi connectivity index (χ1v) is 6.23. The van der Waals surface area contributed by atoms with Gasteiger partial charge in [0, 0.05) is 0 Å². The van der Waals surface area contributed by atoms with Crippen LogP contribution < -0.4 is 0 Å². The van der Waals surface area contributed by atoms with Crippen molar-refractivity contribution in [2.24, 2.45) is 0 Å². The van der Waals surface area contributed by atoms with Gasteiger partial charge >= 0.3 is 0 Å². The molecule has 3 rings (SSSR count). The van der Waals surface area contributed by atoms with Crippen molar-refractivity contribution in [3.05, 3.63) is 0 Å². The molecule has 0 aromatic rings. The summed E-state index contributed by atoms with van der Waals surface area (Å²) in [5, 5.41) is 0.849. The van der Waals surface area contributed by atoms with Crippen molar-refractivity contribution in [1.82, 2.24) is 0 Å². The molecule has 0 N–H and O–H groups in total. The molecule has 0 saturated carbocycles. The number of hydrogen-bond donors (Lipinski definition) is 0. The Kier molecular flexibility index (Phi) is 1.68. The lowest BCUT2D eigenvalue weighted by atomic mass is 9.25. The van der Waals surface area contributed by atoms with Crippen LogP contribution in [0.2, 0.25) is 22.7 Å². The SMILES string of the molecule is CC(C)BC12CCCC3B1C3CC2. The topological polar surface area (TPSA) is 0 Å². The average molecular weight is 174 g/mol. The van der Waals surface area contributed by atoms with Crippen LogP contribution in [0.15, 0.2) is 0 Å². The molecule has 3 aliphatic heterocycles. The van der Waals surface area contributed by atoms with E-state index in [-0.39, 0.29) is 0 Å². The fraction of sp³-hybridized carbons (Fsp3) is 1.00. The molecule has 0 aromatic carbocycles. The monoisotopic (exact) mass is 174 g/mol. The highest BCUT2D eigenvalue weighted by Gasteiger charge is 2.68. The molecule has 2 heteroatoms. The first-order chi connectivity index (χ1) is 6.23. The Labute approximate surface area is 83.2 Å². The van der Waals surface area contributed by atoms with Crippen LogP contribution in [0.25, 0.3) is 0 Å². The van der Waals surface area contributed by atoms with Crippen LogP contribution in [0, 0.1) is 0 Å². The molecule has 0 spiro atoms. The molecule has 3 heterocycles. The highest BCUT2D eigenvalue weighted by molar-refractivity contribution is 6.86. The molecule has 3 unspecified atom stereocenters. The minimum Gasteiger partial charge on any atom is -0.0735 e. The summed E-state index contributed by atoms with van der Waals surface area (Å²) in [6.45, 7) is 6.02. The van der Waals surface area contributed by atoms with E-state index in [4.69, 9.17) is 0 Å². The van der Waals surface area contributed by atoms with Crippen LogP contribution in [0.4, 0.5) is 0 Å². The Bertz CT molecular complexity index is 222. The lowest BCUT2D eigenvalue weighted by molar-refractivity contribution is 0.499.